The maximum Gasteiger partial charge on any atom is 0.418 e. The number of nitrogens with zero attached hydrogens (tertiary/aromatic N) is 4. The van der Waals surface area contributed by atoms with E-state index in [1.54, 1.807) is 40.8 Å². The third kappa shape index (κ3) is 17.3. The number of methoxy groups -OCH3 is 1. The van der Waals surface area contributed by atoms with E-state index >= 15 is 0 Å². The molecule has 9 N–H and O–H groups in total. The second kappa shape index (κ2) is 26.2. The summed E-state index contributed by atoms with van der Waals surface area (Å²) in [6.45, 7) is 5.47. The molecule has 2 aliphatic rings. The lowest BCUT2D eigenvalue weighted by Gasteiger charge is -2.17. The van der Waals surface area contributed by atoms with Gasteiger partial charge in [0, 0.05) is 80.4 Å². The summed E-state index contributed by atoms with van der Waals surface area (Å²) in [7, 11) is 1.17. The number of benzene rings is 4. The van der Waals surface area contributed by atoms with Crippen LogP contribution >= 0.6 is 22.6 Å². The molecule has 71 heavy (non-hydrogen) atoms. The van der Waals surface area contributed by atoms with E-state index in [-0.39, 0.29) is 25.2 Å². The number of alkyl halides is 3. The van der Waals surface area contributed by atoms with Crippen LogP contribution in [0.3, 0.4) is 0 Å². The lowest BCUT2D eigenvalue weighted by atomic mass is 9.94. The van der Waals surface area contributed by atoms with Crippen molar-refractivity contribution in [1.29, 1.82) is 0 Å². The van der Waals surface area contributed by atoms with Gasteiger partial charge in [0.15, 0.2) is 11.2 Å². The molecule has 30 heteroatoms. The number of esters is 1. The number of hydrogen-bond acceptors (Lipinski definition) is 18. The first-order chi connectivity index (χ1) is 32.4. The largest absolute Gasteiger partial charge is 0.479 e. The van der Waals surface area contributed by atoms with Crippen molar-refractivity contribution in [3.05, 3.63) is 140 Å². The number of carboxylic acid groups (broad SMARTS) is 1. The SMILES string of the molecule is C1CCOC1.CC(O)(C(=O)O)c1ccc([N+](=O)[O-])cc1[N+](=O)[O-].CC1(O)C(=O)Nc2cc(N)ccc21.COC(=O)C(C)=O.Nc1ccc2c(C(F)(F)F)c[nH]c2c1.O=[N+]([O-])c1ccc(I)c([N+](=O)[O-])c1.[B]. The first-order valence-electron chi connectivity index (χ1n) is 19.4. The normalized spacial score (nSPS) is 14.8. The summed E-state index contributed by atoms with van der Waals surface area (Å²) < 4.78 is 46.6. The Kier molecular flexibility index (Phi) is 22.6. The van der Waals surface area contributed by atoms with Crippen LogP contribution in [0.4, 0.5) is 53.0 Å². The number of nitro groups is 4. The first kappa shape index (κ1) is 61.2. The van der Waals surface area contributed by atoms with Gasteiger partial charge in [0.25, 0.3) is 28.7 Å². The molecule has 379 valence electrons. The van der Waals surface area contributed by atoms with Gasteiger partial charge in [-0.2, -0.15) is 13.2 Å². The summed E-state index contributed by atoms with van der Waals surface area (Å²) >= 11 is 1.75. The average Bonchev–Trinajstić information content (AvgIpc) is 4.05. The highest BCUT2D eigenvalue weighted by Crippen LogP contribution is 2.37. The number of carbonyl (C=O) groups excluding carboxylic acids is 3. The monoisotopic (exact) mass is 1110 g/mol. The fourth-order valence-electron chi connectivity index (χ4n) is 5.55. The molecule has 2 atom stereocenters. The minimum atomic E-state index is -4.33. The number of carbonyl (C=O) groups is 4. The number of hydrogen-bond donors (Lipinski definition) is 7. The van der Waals surface area contributed by atoms with Crippen LogP contribution in [0.15, 0.2) is 79.0 Å². The molecule has 1 aromatic heterocycles. The zero-order chi connectivity index (χ0) is 53.5. The Balaban J connectivity index is 0.000000439. The van der Waals surface area contributed by atoms with Crippen molar-refractivity contribution in [3.8, 4) is 0 Å². The molecule has 1 fully saturated rings. The van der Waals surface area contributed by atoms with Crippen LogP contribution in [0.5, 0.6) is 0 Å². The van der Waals surface area contributed by atoms with Gasteiger partial charge in [-0.1, -0.05) is 12.1 Å². The third-order valence-electron chi connectivity index (χ3n) is 9.24. The number of aromatic nitrogens is 1. The molecule has 2 unspecified atom stereocenters. The number of Topliss-reactive ketones (excluding diaryl/α,β-unsaturated/α-hetero) is 1. The highest BCUT2D eigenvalue weighted by atomic mass is 127. The van der Waals surface area contributed by atoms with E-state index in [2.05, 4.69) is 15.0 Å². The number of carboxylic acids is 1. The number of nitrogens with two attached hydrogens (primary N) is 2. The lowest BCUT2D eigenvalue weighted by molar-refractivity contribution is -0.395. The molecular weight excluding hydrogens is 1070 g/mol. The number of fused-ring (bicyclic) bond motifs is 2. The van der Waals surface area contributed by atoms with Gasteiger partial charge >= 0.3 is 18.1 Å². The van der Waals surface area contributed by atoms with Gasteiger partial charge in [-0.3, -0.25) is 50.0 Å². The number of amides is 1. The van der Waals surface area contributed by atoms with E-state index in [1.165, 1.54) is 57.2 Å². The van der Waals surface area contributed by atoms with Crippen molar-refractivity contribution in [2.75, 3.05) is 37.1 Å². The lowest BCUT2D eigenvalue weighted by Crippen LogP contribution is -2.32. The second-order valence-corrected chi connectivity index (χ2v) is 15.6. The van der Waals surface area contributed by atoms with Crippen molar-refractivity contribution in [2.45, 2.75) is 51.0 Å². The number of aliphatic hydroxyl groups is 2. The molecule has 1 saturated heterocycles. The van der Waals surface area contributed by atoms with Gasteiger partial charge in [0.2, 0.25) is 5.78 Å². The highest BCUT2D eigenvalue weighted by Gasteiger charge is 2.41. The van der Waals surface area contributed by atoms with E-state index in [0.717, 1.165) is 51.5 Å². The standard InChI is InChI=1S/C9H7F3N2.C9H8N2O7.C9H10N2O2.C6H3IN2O4.C4H6O3.C4H8O.B/c10-9(11,12)7-4-14-8-3-5(13)1-2-6(7)8;1-9(14,8(12)13)6-3-2-5(10(15)16)4-7(6)11(17)18;1-9(13)6-3-2-5(10)4-7(6)11-8(9)12;7-5-2-1-4(8(10)11)3-6(5)9(12)13;1-3(5)4(6)7-2;1-2-4-5-3-1;/h1-4,14H,13H2;2-4,14H,1H3,(H,12,13);2-4,13H,10H2,1H3,(H,11,12);1-3H;1-2H3;1-4H2;. The van der Waals surface area contributed by atoms with E-state index in [1.807, 2.05) is 0 Å². The molecule has 4 aromatic carbocycles. The molecule has 0 bridgehead atoms. The van der Waals surface area contributed by atoms with Crippen molar-refractivity contribution in [2.24, 2.45) is 0 Å². The molecule has 5 aromatic rings. The summed E-state index contributed by atoms with van der Waals surface area (Å²) in [5.41, 5.74) is 6.54. The Hall–Kier alpha value is -7.84. The van der Waals surface area contributed by atoms with Crippen molar-refractivity contribution >= 4 is 105 Å². The van der Waals surface area contributed by atoms with Gasteiger partial charge in [-0.25, -0.2) is 9.59 Å². The number of ether oxygens (including phenoxy) is 2. The maximum absolute atomic E-state index is 12.4. The minimum absolute atomic E-state index is 0. The van der Waals surface area contributed by atoms with Crippen LogP contribution in [0.2, 0.25) is 0 Å². The van der Waals surface area contributed by atoms with Crippen molar-refractivity contribution < 1.29 is 76.8 Å². The predicted molar refractivity (Wildman–Crippen MR) is 255 cm³/mol. The number of aliphatic carboxylic acids is 1. The van der Waals surface area contributed by atoms with E-state index in [0.29, 0.717) is 37.8 Å². The summed E-state index contributed by atoms with van der Waals surface area (Å²) in [4.78, 5) is 83.2. The molecule has 3 radical (unpaired) electrons. The van der Waals surface area contributed by atoms with Gasteiger partial charge < -0.3 is 46.6 Å². The topological polar surface area (TPSA) is 400 Å². The van der Waals surface area contributed by atoms with Crippen LogP contribution in [0, 0.1) is 44.0 Å². The molecule has 0 aliphatic carbocycles. The zero-order valence-corrected chi connectivity index (χ0v) is 39.6. The summed E-state index contributed by atoms with van der Waals surface area (Å²) in [6.07, 6.45) is -0.821. The maximum atomic E-state index is 12.4. The molecule has 3 heterocycles. The summed E-state index contributed by atoms with van der Waals surface area (Å²) in [6, 6.07) is 15.1. The number of H-pyrrole nitrogens is 1. The number of ketones is 1. The van der Waals surface area contributed by atoms with Crippen molar-refractivity contribution in [3.63, 3.8) is 0 Å². The Morgan fingerprint density at radius 2 is 1.32 bits per heavy atom. The molecule has 2 aliphatic heterocycles. The highest BCUT2D eigenvalue weighted by molar-refractivity contribution is 14.1. The van der Waals surface area contributed by atoms with Crippen LogP contribution < -0.4 is 16.8 Å². The number of aromatic amines is 1. The number of non-ortho nitro benzene ring substituents is 2. The van der Waals surface area contributed by atoms with Gasteiger partial charge in [0.1, 0.15) is 0 Å². The minimum Gasteiger partial charge on any atom is -0.479 e. The fraction of sp³-hybridized carbons (Fsp3) is 0.268. The van der Waals surface area contributed by atoms with E-state index in [4.69, 9.17) is 21.3 Å². The zero-order valence-electron chi connectivity index (χ0n) is 37.4. The van der Waals surface area contributed by atoms with Gasteiger partial charge in [0.05, 0.1) is 53.6 Å². The van der Waals surface area contributed by atoms with E-state index < -0.39 is 83.2 Å². The number of nitrogen functional groups attached to an aromatic ring is 2. The van der Waals surface area contributed by atoms with Crippen LogP contribution in [-0.4, -0.2) is 92.4 Å². The Morgan fingerprint density at radius 3 is 1.76 bits per heavy atom. The predicted octanol–water partition coefficient (Wildman–Crippen LogP) is 6.26. The van der Waals surface area contributed by atoms with Crippen LogP contribution in [0.1, 0.15) is 50.3 Å². The van der Waals surface area contributed by atoms with Crippen molar-refractivity contribution in [1.82, 2.24) is 4.98 Å². The number of nitrogens with one attached hydrogen (secondary N) is 2. The number of halogens is 4. The summed E-state index contributed by atoms with van der Waals surface area (Å²) in [5.74, 6) is -3.46. The number of anilines is 3. The Bertz CT molecular complexity index is 2780. The quantitative estimate of drug-likeness (QED) is 0.0180. The third-order valence-corrected chi connectivity index (χ3v) is 10.1. The Morgan fingerprint density at radius 1 is 0.817 bits per heavy atom. The Labute approximate surface area is 413 Å². The van der Waals surface area contributed by atoms with Crippen LogP contribution in [0.25, 0.3) is 10.9 Å². The van der Waals surface area contributed by atoms with Crippen LogP contribution in [-0.2, 0) is 46.0 Å². The second-order valence-electron chi connectivity index (χ2n) is 14.4. The number of nitro benzene ring substituents is 4. The molecule has 7 rings (SSSR count). The van der Waals surface area contributed by atoms with Gasteiger partial charge in [-0.05, 0) is 85.7 Å². The molecule has 0 spiro atoms. The smallest absolute Gasteiger partial charge is 0.418 e. The van der Waals surface area contributed by atoms with Gasteiger partial charge in [-0.15, -0.1) is 0 Å². The average molecular weight is 1110 g/mol. The molecule has 25 nitrogen and oxygen atoms in total. The van der Waals surface area contributed by atoms with E-state index in [9.17, 15) is 83.0 Å². The molecule has 1 amide bonds. The fourth-order valence-corrected chi connectivity index (χ4v) is 6.09. The summed E-state index contributed by atoms with van der Waals surface area (Å²) in [5, 5.41) is 72.7. The molecular formula is C41H42BF3IN8O17. The molecule has 0 saturated carbocycles. The number of rotatable bonds is 7. The first-order valence-corrected chi connectivity index (χ1v) is 20.5.